The van der Waals surface area contributed by atoms with Gasteiger partial charge in [-0.2, -0.15) is 9.97 Å². The number of benzene rings is 6. The van der Waals surface area contributed by atoms with E-state index in [1.807, 2.05) is 0 Å². The highest BCUT2D eigenvalue weighted by molar-refractivity contribution is 6.70. The summed E-state index contributed by atoms with van der Waals surface area (Å²) in [5.74, 6) is 1.89. The first-order chi connectivity index (χ1) is 26.0. The molecule has 6 aromatic carbocycles. The van der Waals surface area contributed by atoms with Crippen LogP contribution < -0.4 is 54.6 Å². The largest absolute Gasteiger partial charge is 0.455 e. The second kappa shape index (κ2) is 12.6. The van der Waals surface area contributed by atoms with Crippen molar-refractivity contribution in [2.45, 2.75) is 0 Å². The second-order valence-electron chi connectivity index (χ2n) is 15.1. The third-order valence-electron chi connectivity index (χ3n) is 12.7. The minimum Gasteiger partial charge on any atom is -0.455 e. The molecule has 3 heterocycles. The maximum Gasteiger partial charge on any atom is 0.238 e. The lowest BCUT2D eigenvalue weighted by molar-refractivity contribution is 0.670. The molecule has 0 atom stereocenters. The zero-order chi connectivity index (χ0) is 37.7. The van der Waals surface area contributed by atoms with Crippen LogP contribution in [0.25, 0.3) is 83.6 Å². The van der Waals surface area contributed by atoms with Crippen molar-refractivity contribution in [2.24, 2.45) is 0 Å². The number of para-hydroxylation sites is 3. The number of nitrogens with zero attached hydrogens (tertiary/aromatic N) is 4. The summed E-state index contributed by atoms with van der Waals surface area (Å²) < 4.78 is 8.92. The molecule has 0 bridgehead atoms. The van der Waals surface area contributed by atoms with E-state index in [0.717, 1.165) is 60.4 Å². The van der Waals surface area contributed by atoms with E-state index in [2.05, 4.69) is 168 Å². The number of hydrogen-bond donors (Lipinski definition) is 0. The molecule has 0 aliphatic heterocycles. The van der Waals surface area contributed by atoms with Crippen LogP contribution in [0.3, 0.4) is 0 Å². The van der Waals surface area contributed by atoms with E-state index in [0.29, 0.717) is 17.6 Å². The fourth-order valence-electron chi connectivity index (χ4n) is 8.72. The molecule has 0 N–H and O–H groups in total. The molecule has 246 valence electrons. The van der Waals surface area contributed by atoms with E-state index in [-0.39, 0.29) is 0 Å². The fourth-order valence-corrected chi connectivity index (χ4v) is 8.72. The van der Waals surface area contributed by atoms with Crippen molar-refractivity contribution >= 4 is 177 Å². The third kappa shape index (κ3) is 4.97. The Bertz CT molecular complexity index is 2970. The van der Waals surface area contributed by atoms with Crippen molar-refractivity contribution in [1.82, 2.24) is 19.5 Å². The molecule has 0 saturated heterocycles. The normalized spacial score (nSPS) is 11.7. The molecular weight excluding hydrogens is 649 g/mol. The molecule has 3 aromatic heterocycles. The molecule has 0 saturated carbocycles. The van der Waals surface area contributed by atoms with Crippen LogP contribution in [0, 0.1) is 0 Å². The Morgan fingerprint density at radius 2 is 0.926 bits per heavy atom. The van der Waals surface area contributed by atoms with Gasteiger partial charge in [-0.25, -0.2) is 4.98 Å². The van der Waals surface area contributed by atoms with Crippen molar-refractivity contribution < 1.29 is 4.42 Å². The minimum absolute atomic E-state index is 0.595. The predicted molar refractivity (Wildman–Crippen MR) is 260 cm³/mol. The Kier molecular flexibility index (Phi) is 8.00. The number of furan rings is 1. The molecule has 9 rings (SSSR count). The Morgan fingerprint density at radius 1 is 0.426 bits per heavy atom. The number of fused-ring (bicyclic) bond motifs is 6. The molecule has 15 heteroatoms. The van der Waals surface area contributed by atoms with Crippen LogP contribution in [0.5, 0.6) is 0 Å². The quantitative estimate of drug-likeness (QED) is 0.173. The SMILES string of the molecule is Bc1c(B)c(B)c(-c2nc(-c3ccc4oc5c(-c6c(B)c(B)c(B)c(B)c6B)cccc5c4c3)nc(-n3c4ccccc4c4ccccc43)n2)c(B)c1B. The topological polar surface area (TPSA) is 56.7 Å². The van der Waals surface area contributed by atoms with E-state index in [4.69, 9.17) is 19.4 Å². The molecule has 0 radical (unpaired) electrons. The van der Waals surface area contributed by atoms with Gasteiger partial charge in [-0.05, 0) is 35.9 Å². The number of aromatic nitrogens is 4. The first-order valence-corrected chi connectivity index (χ1v) is 18.8. The highest BCUT2D eigenvalue weighted by atomic mass is 16.3. The lowest BCUT2D eigenvalue weighted by Crippen LogP contribution is -2.55. The zero-order valence-corrected chi connectivity index (χ0v) is 32.8. The van der Waals surface area contributed by atoms with Crippen molar-refractivity contribution in [3.63, 3.8) is 0 Å². The van der Waals surface area contributed by atoms with Gasteiger partial charge < -0.3 is 4.42 Å². The molecule has 9 aromatic rings. The summed E-state index contributed by atoms with van der Waals surface area (Å²) in [6.45, 7) is 0. The van der Waals surface area contributed by atoms with Gasteiger partial charge in [0.05, 0.1) is 11.0 Å². The van der Waals surface area contributed by atoms with Crippen LogP contribution in [0.1, 0.15) is 0 Å². The van der Waals surface area contributed by atoms with Gasteiger partial charge in [0, 0.05) is 38.2 Å². The average Bonchev–Trinajstić information content (AvgIpc) is 3.74. The number of hydrogen-bond acceptors (Lipinski definition) is 4. The van der Waals surface area contributed by atoms with Crippen LogP contribution in [0.15, 0.2) is 89.3 Å². The highest BCUT2D eigenvalue weighted by Crippen LogP contribution is 2.37. The maximum atomic E-state index is 6.73. The molecule has 0 aliphatic rings. The van der Waals surface area contributed by atoms with Gasteiger partial charge in [-0.3, -0.25) is 4.57 Å². The fraction of sp³-hybridized carbons (Fsp3) is 0. The van der Waals surface area contributed by atoms with Gasteiger partial charge in [0.1, 0.15) is 89.6 Å². The van der Waals surface area contributed by atoms with Crippen molar-refractivity contribution in [3.8, 4) is 39.9 Å². The monoisotopic (exact) mass is 684 g/mol. The Labute approximate surface area is 324 Å². The molecular formula is C39H34B10N4O. The lowest BCUT2D eigenvalue weighted by atomic mass is 9.59. The van der Waals surface area contributed by atoms with E-state index >= 15 is 0 Å². The molecule has 0 amide bonds. The number of rotatable bonds is 4. The average molecular weight is 683 g/mol. The van der Waals surface area contributed by atoms with Crippen LogP contribution >= 0.6 is 0 Å². The Morgan fingerprint density at radius 3 is 1.52 bits per heavy atom. The first kappa shape index (κ1) is 34.4. The van der Waals surface area contributed by atoms with Crippen LogP contribution in [0.2, 0.25) is 0 Å². The summed E-state index contributed by atoms with van der Waals surface area (Å²) >= 11 is 0. The van der Waals surface area contributed by atoms with E-state index < -0.39 is 0 Å². The van der Waals surface area contributed by atoms with Crippen LogP contribution in [0.4, 0.5) is 0 Å². The zero-order valence-electron chi connectivity index (χ0n) is 32.8. The summed E-state index contributed by atoms with van der Waals surface area (Å²) in [4.78, 5) is 15.9. The van der Waals surface area contributed by atoms with Crippen molar-refractivity contribution in [1.29, 1.82) is 0 Å². The molecule has 0 unspecified atom stereocenters. The summed E-state index contributed by atoms with van der Waals surface area (Å²) in [6.07, 6.45) is 0. The Hall–Kier alpha value is -5.42. The van der Waals surface area contributed by atoms with Gasteiger partial charge in [0.15, 0.2) is 11.6 Å². The van der Waals surface area contributed by atoms with E-state index in [1.165, 1.54) is 60.2 Å². The standard InChI is InChI=1S/C39H34B10N4O/c40-26-24(27(41)31(45)34(48)30(26)44)19-9-5-8-18-20-14-15(12-13-23(20)54-36(18)19)37-50-38(25-28(42)32(46)35(49)33(47)29(25)43)52-39(51-37)53-21-10-3-1-6-16(21)17-7-2-4-11-22(17)53/h1-14H,40-49H2. The minimum atomic E-state index is 0.595. The maximum absolute atomic E-state index is 6.73. The van der Waals surface area contributed by atoms with Gasteiger partial charge in [0.25, 0.3) is 0 Å². The molecule has 5 nitrogen and oxygen atoms in total. The molecule has 54 heavy (non-hydrogen) atoms. The van der Waals surface area contributed by atoms with Crippen molar-refractivity contribution in [3.05, 3.63) is 84.9 Å². The third-order valence-corrected chi connectivity index (χ3v) is 12.7. The predicted octanol–water partition coefficient (Wildman–Crippen LogP) is -7.55. The summed E-state index contributed by atoms with van der Waals surface area (Å²) in [5, 5.41) is 4.44. The van der Waals surface area contributed by atoms with Crippen LogP contribution in [-0.4, -0.2) is 98.0 Å². The van der Waals surface area contributed by atoms with Crippen LogP contribution in [-0.2, 0) is 0 Å². The highest BCUT2D eigenvalue weighted by Gasteiger charge is 2.23. The summed E-state index contributed by atoms with van der Waals surface area (Å²) in [6, 6.07) is 29.8. The Balaban J connectivity index is 1.32. The van der Waals surface area contributed by atoms with Gasteiger partial charge in [-0.1, -0.05) is 76.4 Å². The molecule has 0 fully saturated rings. The second-order valence-corrected chi connectivity index (χ2v) is 15.1. The lowest BCUT2D eigenvalue weighted by Gasteiger charge is -2.20. The van der Waals surface area contributed by atoms with E-state index in [1.54, 1.807) is 0 Å². The van der Waals surface area contributed by atoms with E-state index in [9.17, 15) is 0 Å². The first-order valence-electron chi connectivity index (χ1n) is 18.8. The smallest absolute Gasteiger partial charge is 0.238 e. The van der Waals surface area contributed by atoms with Gasteiger partial charge in [0.2, 0.25) is 5.95 Å². The van der Waals surface area contributed by atoms with Gasteiger partial charge >= 0.3 is 0 Å². The van der Waals surface area contributed by atoms with Gasteiger partial charge in [-0.15, -0.1) is 32.8 Å². The summed E-state index contributed by atoms with van der Waals surface area (Å²) in [7, 11) is 22.1. The molecule has 0 spiro atoms. The van der Waals surface area contributed by atoms with Crippen molar-refractivity contribution in [2.75, 3.05) is 0 Å². The summed E-state index contributed by atoms with van der Waals surface area (Å²) in [5.41, 5.74) is 21.0. The molecule has 0 aliphatic carbocycles.